The first-order chi connectivity index (χ1) is 10.2. The summed E-state index contributed by atoms with van der Waals surface area (Å²) >= 11 is 0. The Morgan fingerprint density at radius 3 is 2.43 bits per heavy atom. The number of benzene rings is 2. The number of hydrogen-bond acceptors (Lipinski definition) is 2. The third-order valence-corrected chi connectivity index (χ3v) is 3.70. The highest BCUT2D eigenvalue weighted by molar-refractivity contribution is 5.29. The van der Waals surface area contributed by atoms with Gasteiger partial charge in [-0.05, 0) is 48.6 Å². The van der Waals surface area contributed by atoms with E-state index in [1.54, 1.807) is 0 Å². The molecule has 0 aliphatic carbocycles. The lowest BCUT2D eigenvalue weighted by Gasteiger charge is -2.15. The molecule has 0 amide bonds. The summed E-state index contributed by atoms with van der Waals surface area (Å²) in [7, 11) is 0. The van der Waals surface area contributed by atoms with Crippen LogP contribution in [0, 0.1) is 6.92 Å². The Labute approximate surface area is 127 Å². The zero-order valence-corrected chi connectivity index (χ0v) is 12.9. The zero-order chi connectivity index (χ0) is 15.1. The second-order valence-corrected chi connectivity index (χ2v) is 5.43. The Balaban J connectivity index is 1.89. The number of rotatable bonds is 7. The third kappa shape index (κ3) is 4.61. The van der Waals surface area contributed by atoms with Crippen LogP contribution < -0.4 is 4.74 Å². The average molecular weight is 284 g/mol. The Kier molecular flexibility index (Phi) is 5.82. The summed E-state index contributed by atoms with van der Waals surface area (Å²) in [6.07, 6.45) is 2.95. The van der Waals surface area contributed by atoms with Gasteiger partial charge in [0.25, 0.3) is 0 Å². The van der Waals surface area contributed by atoms with Crippen molar-refractivity contribution in [2.75, 3.05) is 6.61 Å². The Morgan fingerprint density at radius 2 is 1.76 bits per heavy atom. The predicted molar refractivity (Wildman–Crippen MR) is 86.7 cm³/mol. The quantitative estimate of drug-likeness (QED) is 0.814. The van der Waals surface area contributed by atoms with Crippen molar-refractivity contribution in [3.63, 3.8) is 0 Å². The van der Waals surface area contributed by atoms with Gasteiger partial charge in [0, 0.05) is 0 Å². The second kappa shape index (κ2) is 7.84. The molecule has 1 N–H and O–H groups in total. The van der Waals surface area contributed by atoms with E-state index < -0.39 is 6.10 Å². The van der Waals surface area contributed by atoms with Gasteiger partial charge in [0.15, 0.2) is 0 Å². The normalized spacial score (nSPS) is 12.1. The number of hydrogen-bond donors (Lipinski definition) is 1. The summed E-state index contributed by atoms with van der Waals surface area (Å²) in [4.78, 5) is 0. The van der Waals surface area contributed by atoms with Crippen molar-refractivity contribution in [3.8, 4) is 5.75 Å². The van der Waals surface area contributed by atoms with E-state index >= 15 is 0 Å². The van der Waals surface area contributed by atoms with Gasteiger partial charge in [-0.3, -0.25) is 0 Å². The van der Waals surface area contributed by atoms with Gasteiger partial charge in [-0.2, -0.15) is 0 Å². The minimum atomic E-state index is -0.592. The lowest BCUT2D eigenvalue weighted by atomic mass is 10.0. The number of ether oxygens (including phenoxy) is 1. The fraction of sp³-hybridized carbons (Fsp3) is 0.368. The van der Waals surface area contributed by atoms with E-state index in [2.05, 4.69) is 19.1 Å². The van der Waals surface area contributed by atoms with Crippen LogP contribution in [0.5, 0.6) is 5.75 Å². The lowest BCUT2D eigenvalue weighted by Crippen LogP contribution is -2.10. The van der Waals surface area contributed by atoms with E-state index in [-0.39, 0.29) is 6.61 Å². The minimum Gasteiger partial charge on any atom is -0.491 e. The summed E-state index contributed by atoms with van der Waals surface area (Å²) in [5, 5.41) is 10.2. The molecule has 0 fully saturated rings. The van der Waals surface area contributed by atoms with E-state index in [1.165, 1.54) is 18.4 Å². The number of aliphatic hydroxyl groups excluding tert-OH is 1. The topological polar surface area (TPSA) is 29.5 Å². The fourth-order valence-corrected chi connectivity index (χ4v) is 2.36. The minimum absolute atomic E-state index is 0.277. The standard InChI is InChI=1S/C19H24O2/c1-3-4-8-16-10-12-17(13-11-16)21-14-19(20)18-9-6-5-7-15(18)2/h5-7,9-13,19-20H,3-4,8,14H2,1-2H3. The van der Waals surface area contributed by atoms with Crippen molar-refractivity contribution < 1.29 is 9.84 Å². The van der Waals surface area contributed by atoms with Gasteiger partial charge in [0.2, 0.25) is 0 Å². The molecule has 2 aromatic carbocycles. The molecule has 0 aliphatic rings. The van der Waals surface area contributed by atoms with Gasteiger partial charge in [-0.25, -0.2) is 0 Å². The van der Waals surface area contributed by atoms with Crippen LogP contribution in [0.3, 0.4) is 0 Å². The Bertz CT molecular complexity index is 546. The molecule has 2 aromatic rings. The first kappa shape index (κ1) is 15.6. The molecule has 0 radical (unpaired) electrons. The molecule has 1 atom stereocenters. The van der Waals surface area contributed by atoms with Crippen LogP contribution >= 0.6 is 0 Å². The molecule has 2 heteroatoms. The van der Waals surface area contributed by atoms with Crippen LogP contribution in [0.25, 0.3) is 0 Å². The maximum absolute atomic E-state index is 10.2. The van der Waals surface area contributed by atoms with Crippen molar-refractivity contribution in [2.24, 2.45) is 0 Å². The maximum atomic E-state index is 10.2. The van der Waals surface area contributed by atoms with Crippen LogP contribution in [0.15, 0.2) is 48.5 Å². The van der Waals surface area contributed by atoms with Crippen molar-refractivity contribution in [1.29, 1.82) is 0 Å². The van der Waals surface area contributed by atoms with Crippen LogP contribution in [0.4, 0.5) is 0 Å². The predicted octanol–water partition coefficient (Wildman–Crippen LogP) is 4.45. The van der Waals surface area contributed by atoms with Gasteiger partial charge >= 0.3 is 0 Å². The highest BCUT2D eigenvalue weighted by Crippen LogP contribution is 2.20. The van der Waals surface area contributed by atoms with E-state index in [1.807, 2.05) is 43.3 Å². The average Bonchev–Trinajstić information content (AvgIpc) is 2.52. The van der Waals surface area contributed by atoms with Gasteiger partial charge in [0.1, 0.15) is 18.5 Å². The molecule has 2 nitrogen and oxygen atoms in total. The molecule has 0 saturated carbocycles. The molecular weight excluding hydrogens is 260 g/mol. The number of aliphatic hydroxyl groups is 1. The molecule has 0 aromatic heterocycles. The van der Waals surface area contributed by atoms with E-state index in [0.717, 1.165) is 23.3 Å². The van der Waals surface area contributed by atoms with Crippen LogP contribution in [0.1, 0.15) is 42.6 Å². The highest BCUT2D eigenvalue weighted by atomic mass is 16.5. The smallest absolute Gasteiger partial charge is 0.119 e. The highest BCUT2D eigenvalue weighted by Gasteiger charge is 2.10. The van der Waals surface area contributed by atoms with Gasteiger partial charge < -0.3 is 9.84 Å². The molecule has 112 valence electrons. The zero-order valence-electron chi connectivity index (χ0n) is 12.9. The van der Waals surface area contributed by atoms with E-state index in [0.29, 0.717) is 0 Å². The van der Waals surface area contributed by atoms with Crippen molar-refractivity contribution in [3.05, 3.63) is 65.2 Å². The largest absolute Gasteiger partial charge is 0.491 e. The van der Waals surface area contributed by atoms with E-state index in [9.17, 15) is 5.11 Å². The molecule has 0 aliphatic heterocycles. The molecule has 1 unspecified atom stereocenters. The fourth-order valence-electron chi connectivity index (χ4n) is 2.36. The monoisotopic (exact) mass is 284 g/mol. The first-order valence-electron chi connectivity index (χ1n) is 7.66. The van der Waals surface area contributed by atoms with Crippen LogP contribution in [0.2, 0.25) is 0 Å². The van der Waals surface area contributed by atoms with Crippen molar-refractivity contribution in [2.45, 2.75) is 39.2 Å². The molecule has 0 saturated heterocycles. The van der Waals surface area contributed by atoms with Crippen molar-refractivity contribution in [1.82, 2.24) is 0 Å². The van der Waals surface area contributed by atoms with Crippen LogP contribution in [-0.2, 0) is 6.42 Å². The third-order valence-electron chi connectivity index (χ3n) is 3.70. The SMILES string of the molecule is CCCCc1ccc(OCC(O)c2ccccc2C)cc1. The summed E-state index contributed by atoms with van der Waals surface area (Å²) in [6.45, 7) is 4.48. The lowest BCUT2D eigenvalue weighted by molar-refractivity contribution is 0.107. The molecule has 0 bridgehead atoms. The van der Waals surface area contributed by atoms with Gasteiger partial charge in [0.05, 0.1) is 0 Å². The molecule has 0 spiro atoms. The first-order valence-corrected chi connectivity index (χ1v) is 7.66. The Morgan fingerprint density at radius 1 is 1.05 bits per heavy atom. The van der Waals surface area contributed by atoms with Crippen LogP contribution in [-0.4, -0.2) is 11.7 Å². The summed E-state index contributed by atoms with van der Waals surface area (Å²) < 4.78 is 5.69. The molecule has 0 heterocycles. The summed E-state index contributed by atoms with van der Waals surface area (Å²) in [5.74, 6) is 0.808. The maximum Gasteiger partial charge on any atom is 0.119 e. The second-order valence-electron chi connectivity index (χ2n) is 5.43. The molecular formula is C19H24O2. The molecule has 2 rings (SSSR count). The number of aryl methyl sites for hydroxylation is 2. The molecule has 21 heavy (non-hydrogen) atoms. The Hall–Kier alpha value is -1.80. The van der Waals surface area contributed by atoms with Crippen molar-refractivity contribution >= 4 is 0 Å². The number of unbranched alkanes of at least 4 members (excludes halogenated alkanes) is 1. The van der Waals surface area contributed by atoms with E-state index in [4.69, 9.17) is 4.74 Å². The summed E-state index contributed by atoms with van der Waals surface area (Å²) in [5.41, 5.74) is 3.35. The van der Waals surface area contributed by atoms with Gasteiger partial charge in [-0.1, -0.05) is 49.7 Å². The van der Waals surface area contributed by atoms with Gasteiger partial charge in [-0.15, -0.1) is 0 Å². The summed E-state index contributed by atoms with van der Waals surface area (Å²) in [6, 6.07) is 16.0.